The van der Waals surface area contributed by atoms with Crippen molar-refractivity contribution >= 4 is 21.9 Å². The topological polar surface area (TPSA) is 44.8 Å². The van der Waals surface area contributed by atoms with Gasteiger partial charge in [0.05, 0.1) is 13.7 Å². The molecule has 0 N–H and O–H groups in total. The lowest BCUT2D eigenvalue weighted by Gasteiger charge is -2.10. The molecule has 0 aliphatic heterocycles. The number of benzene rings is 1. The lowest BCUT2D eigenvalue weighted by Crippen LogP contribution is -2.26. The van der Waals surface area contributed by atoms with Crippen LogP contribution in [-0.4, -0.2) is 19.4 Å². The molecule has 0 spiro atoms. The summed E-state index contributed by atoms with van der Waals surface area (Å²) >= 11 is 3.28. The van der Waals surface area contributed by atoms with Crippen LogP contribution in [0.3, 0.4) is 0 Å². The molecule has 1 aromatic carbocycles. The number of ether oxygens (including phenoxy) is 2. The molecule has 1 atom stereocenters. The van der Waals surface area contributed by atoms with Crippen LogP contribution >= 0.6 is 15.9 Å². The molecule has 0 amide bonds. The smallest absolute Gasteiger partial charge is 0.366 e. The SMILES string of the molecule is COC(=O)C(OF)OCc1cccc(Br)c1. The Labute approximate surface area is 100 Å². The molecule has 0 saturated heterocycles. The van der Waals surface area contributed by atoms with Crippen LogP contribution in [0.15, 0.2) is 28.7 Å². The number of halogens is 2. The first-order chi connectivity index (χ1) is 7.67. The Hall–Kier alpha value is -0.980. The van der Waals surface area contributed by atoms with Gasteiger partial charge in [0.25, 0.3) is 6.29 Å². The van der Waals surface area contributed by atoms with Gasteiger partial charge in [0, 0.05) is 4.47 Å². The average molecular weight is 293 g/mol. The van der Waals surface area contributed by atoms with Crippen LogP contribution in [0.25, 0.3) is 0 Å². The highest BCUT2D eigenvalue weighted by molar-refractivity contribution is 9.10. The molecule has 0 aromatic heterocycles. The van der Waals surface area contributed by atoms with Crippen molar-refractivity contribution in [2.24, 2.45) is 0 Å². The van der Waals surface area contributed by atoms with E-state index < -0.39 is 12.3 Å². The minimum atomic E-state index is -1.65. The summed E-state index contributed by atoms with van der Waals surface area (Å²) < 4.78 is 22.0. The maximum absolute atomic E-state index is 11.9. The third-order valence-electron chi connectivity index (χ3n) is 1.76. The molecular weight excluding hydrogens is 283 g/mol. The van der Waals surface area contributed by atoms with Gasteiger partial charge in [0.15, 0.2) is 0 Å². The number of carbonyl (C=O) groups excluding carboxylic acids is 1. The van der Waals surface area contributed by atoms with Crippen molar-refractivity contribution in [3.05, 3.63) is 34.3 Å². The summed E-state index contributed by atoms with van der Waals surface area (Å²) in [5.41, 5.74) is 0.778. The van der Waals surface area contributed by atoms with Crippen LogP contribution in [0.2, 0.25) is 0 Å². The zero-order valence-corrected chi connectivity index (χ0v) is 10.1. The summed E-state index contributed by atoms with van der Waals surface area (Å²) in [6, 6.07) is 7.20. The molecule has 6 heteroatoms. The molecule has 16 heavy (non-hydrogen) atoms. The van der Waals surface area contributed by atoms with Gasteiger partial charge >= 0.3 is 5.97 Å². The maximum Gasteiger partial charge on any atom is 0.366 e. The predicted molar refractivity (Wildman–Crippen MR) is 56.9 cm³/mol. The lowest BCUT2D eigenvalue weighted by atomic mass is 10.2. The highest BCUT2D eigenvalue weighted by Crippen LogP contribution is 2.13. The summed E-state index contributed by atoms with van der Waals surface area (Å²) in [6.07, 6.45) is -1.65. The van der Waals surface area contributed by atoms with Crippen LogP contribution in [0.1, 0.15) is 5.56 Å². The lowest BCUT2D eigenvalue weighted by molar-refractivity contribution is -0.276. The molecule has 0 radical (unpaired) electrons. The summed E-state index contributed by atoms with van der Waals surface area (Å²) in [6.45, 7) is 0.0448. The first-order valence-corrected chi connectivity index (χ1v) is 5.18. The molecule has 0 aliphatic carbocycles. The van der Waals surface area contributed by atoms with Gasteiger partial charge in [-0.3, -0.25) is 0 Å². The summed E-state index contributed by atoms with van der Waals surface area (Å²) in [7, 11) is 1.12. The van der Waals surface area contributed by atoms with Crippen molar-refractivity contribution in [1.29, 1.82) is 0 Å². The molecule has 88 valence electrons. The Kier molecular flexibility index (Phi) is 5.37. The largest absolute Gasteiger partial charge is 0.465 e. The van der Waals surface area contributed by atoms with Gasteiger partial charge in [0.1, 0.15) is 0 Å². The Morgan fingerprint density at radius 3 is 2.88 bits per heavy atom. The van der Waals surface area contributed by atoms with Crippen molar-refractivity contribution in [3.63, 3.8) is 0 Å². The minimum absolute atomic E-state index is 0.0448. The van der Waals surface area contributed by atoms with E-state index in [0.29, 0.717) is 0 Å². The van der Waals surface area contributed by atoms with Gasteiger partial charge < -0.3 is 9.47 Å². The van der Waals surface area contributed by atoms with E-state index in [-0.39, 0.29) is 6.61 Å². The van der Waals surface area contributed by atoms with Gasteiger partial charge in [-0.25, -0.2) is 4.79 Å². The van der Waals surface area contributed by atoms with Gasteiger partial charge in [-0.2, -0.15) is 0 Å². The van der Waals surface area contributed by atoms with E-state index >= 15 is 0 Å². The molecule has 0 heterocycles. The van der Waals surface area contributed by atoms with E-state index in [0.717, 1.165) is 17.1 Å². The number of rotatable bonds is 5. The van der Waals surface area contributed by atoms with E-state index in [1.165, 1.54) is 0 Å². The fourth-order valence-corrected chi connectivity index (χ4v) is 1.47. The van der Waals surface area contributed by atoms with E-state index in [4.69, 9.17) is 4.74 Å². The van der Waals surface area contributed by atoms with Gasteiger partial charge in [-0.05, 0) is 22.2 Å². The van der Waals surface area contributed by atoms with Gasteiger partial charge in [-0.15, -0.1) is 4.94 Å². The first kappa shape index (κ1) is 13.1. The Balaban J connectivity index is 2.52. The van der Waals surface area contributed by atoms with E-state index in [1.807, 2.05) is 6.07 Å². The Morgan fingerprint density at radius 2 is 2.31 bits per heavy atom. The highest BCUT2D eigenvalue weighted by Gasteiger charge is 2.21. The monoisotopic (exact) mass is 292 g/mol. The fraction of sp³-hybridized carbons (Fsp3) is 0.300. The second-order valence-electron chi connectivity index (χ2n) is 2.89. The minimum Gasteiger partial charge on any atom is -0.465 e. The van der Waals surface area contributed by atoms with E-state index in [9.17, 15) is 9.32 Å². The summed E-state index contributed by atoms with van der Waals surface area (Å²) in [5, 5.41) is 0. The zero-order valence-electron chi connectivity index (χ0n) is 8.48. The summed E-state index contributed by atoms with van der Waals surface area (Å²) in [4.78, 5) is 14.3. The average Bonchev–Trinajstić information content (AvgIpc) is 2.29. The number of esters is 1. The second-order valence-corrected chi connectivity index (χ2v) is 3.80. The van der Waals surface area contributed by atoms with Crippen LogP contribution in [0, 0.1) is 0 Å². The predicted octanol–water partition coefficient (Wildman–Crippen LogP) is 2.37. The molecule has 1 unspecified atom stereocenters. The summed E-state index contributed by atoms with van der Waals surface area (Å²) in [5.74, 6) is -0.919. The van der Waals surface area contributed by atoms with Crippen molar-refractivity contribution in [2.75, 3.05) is 7.11 Å². The standard InChI is InChI=1S/C10H10BrFO4/c1-14-9(13)10(16-12)15-6-7-3-2-4-8(11)5-7/h2-5,10H,6H2,1H3. The zero-order chi connectivity index (χ0) is 12.0. The first-order valence-electron chi connectivity index (χ1n) is 4.38. The van der Waals surface area contributed by atoms with Gasteiger partial charge in [0.2, 0.25) is 0 Å². The number of hydrogen-bond donors (Lipinski definition) is 0. The van der Waals surface area contributed by atoms with Crippen molar-refractivity contribution in [1.82, 2.24) is 0 Å². The molecular formula is C10H10BrFO4. The van der Waals surface area contributed by atoms with Crippen molar-refractivity contribution in [3.8, 4) is 0 Å². The molecule has 0 saturated carbocycles. The number of hydrogen-bond acceptors (Lipinski definition) is 4. The van der Waals surface area contributed by atoms with Crippen LogP contribution in [0.5, 0.6) is 0 Å². The van der Waals surface area contributed by atoms with Gasteiger partial charge in [-0.1, -0.05) is 28.1 Å². The molecule has 1 aromatic rings. The Morgan fingerprint density at radius 1 is 1.56 bits per heavy atom. The van der Waals surface area contributed by atoms with Crippen LogP contribution < -0.4 is 0 Å². The fourth-order valence-electron chi connectivity index (χ4n) is 1.03. The third-order valence-corrected chi connectivity index (χ3v) is 2.26. The number of carbonyl (C=O) groups is 1. The highest BCUT2D eigenvalue weighted by atomic mass is 79.9. The second kappa shape index (κ2) is 6.57. The molecule has 0 bridgehead atoms. The molecule has 0 aliphatic rings. The quantitative estimate of drug-likeness (QED) is 0.617. The van der Waals surface area contributed by atoms with Crippen molar-refractivity contribution in [2.45, 2.75) is 12.9 Å². The molecule has 4 nitrogen and oxygen atoms in total. The van der Waals surface area contributed by atoms with Crippen molar-refractivity contribution < 1.29 is 23.7 Å². The molecule has 1 rings (SSSR count). The normalized spacial score (nSPS) is 12.2. The third kappa shape index (κ3) is 3.88. The number of methoxy groups -OCH3 is 1. The van der Waals surface area contributed by atoms with E-state index in [1.54, 1.807) is 18.2 Å². The Bertz CT molecular complexity index is 358. The molecule has 0 fully saturated rings. The van der Waals surface area contributed by atoms with Crippen LogP contribution in [0.4, 0.5) is 4.53 Å². The van der Waals surface area contributed by atoms with E-state index in [2.05, 4.69) is 25.6 Å². The van der Waals surface area contributed by atoms with Crippen LogP contribution in [-0.2, 0) is 25.8 Å². The maximum atomic E-state index is 11.9.